The molecule has 0 saturated heterocycles. The molecule has 0 unspecified atom stereocenters. The first-order valence-corrected chi connectivity index (χ1v) is 12.7. The normalized spacial score (nSPS) is 13.2. The molecule has 1 amide bonds. The molecule has 190 valence electrons. The maximum absolute atomic E-state index is 13.0. The number of sulfonamides is 1. The number of nitrogens with one attached hydrogen (secondary N) is 1. The van der Waals surface area contributed by atoms with E-state index in [0.29, 0.717) is 34.6 Å². The SMILES string of the molecule is CC(C)[C@@H](C(=O)NCc1ccc(C[N+](C)(C)CCF)o1)n1cc(-c2ccc(S(N)(=O)=O)cc2)nn1. The molecule has 3 N–H and O–H groups in total. The number of quaternary nitrogens is 1. The van der Waals surface area contributed by atoms with Crippen molar-refractivity contribution in [1.82, 2.24) is 20.3 Å². The summed E-state index contributed by atoms with van der Waals surface area (Å²) >= 11 is 0. The van der Waals surface area contributed by atoms with Crippen molar-refractivity contribution in [2.24, 2.45) is 11.1 Å². The monoisotopic (exact) mass is 507 g/mol. The molecule has 0 aliphatic heterocycles. The second kappa shape index (κ2) is 10.7. The Morgan fingerprint density at radius 2 is 1.83 bits per heavy atom. The molecule has 10 nitrogen and oxygen atoms in total. The van der Waals surface area contributed by atoms with Gasteiger partial charge in [0.25, 0.3) is 0 Å². The number of halogens is 1. The summed E-state index contributed by atoms with van der Waals surface area (Å²) < 4.78 is 43.4. The fourth-order valence-corrected chi connectivity index (χ4v) is 4.21. The number of hydrogen-bond donors (Lipinski definition) is 2. The van der Waals surface area contributed by atoms with Gasteiger partial charge in [-0.15, -0.1) is 5.10 Å². The quantitative estimate of drug-likeness (QED) is 0.383. The van der Waals surface area contributed by atoms with E-state index in [4.69, 9.17) is 9.56 Å². The Morgan fingerprint density at radius 3 is 2.43 bits per heavy atom. The zero-order valence-corrected chi connectivity index (χ0v) is 21.1. The Kier molecular flexibility index (Phi) is 8.08. The van der Waals surface area contributed by atoms with E-state index >= 15 is 0 Å². The van der Waals surface area contributed by atoms with E-state index in [-0.39, 0.29) is 23.3 Å². The van der Waals surface area contributed by atoms with E-state index in [9.17, 15) is 17.6 Å². The lowest BCUT2D eigenvalue weighted by atomic mass is 10.0. The Morgan fingerprint density at radius 1 is 1.17 bits per heavy atom. The molecular weight excluding hydrogens is 475 g/mol. The highest BCUT2D eigenvalue weighted by Crippen LogP contribution is 2.23. The predicted octanol–water partition coefficient (Wildman–Crippen LogP) is 2.24. The second-order valence-electron chi connectivity index (χ2n) is 9.43. The third-order valence-electron chi connectivity index (χ3n) is 5.60. The van der Waals surface area contributed by atoms with Gasteiger partial charge in [0, 0.05) is 5.56 Å². The van der Waals surface area contributed by atoms with Crippen LogP contribution in [0.15, 0.2) is 51.9 Å². The fraction of sp³-hybridized carbons (Fsp3) is 0.435. The number of hydrogen-bond acceptors (Lipinski definition) is 6. The van der Waals surface area contributed by atoms with E-state index in [1.165, 1.54) is 16.8 Å². The minimum Gasteiger partial charge on any atom is -0.458 e. The van der Waals surface area contributed by atoms with Gasteiger partial charge in [-0.05, 0) is 30.2 Å². The molecule has 3 rings (SSSR count). The first-order chi connectivity index (χ1) is 16.4. The molecule has 35 heavy (non-hydrogen) atoms. The van der Waals surface area contributed by atoms with Gasteiger partial charge in [0.05, 0.1) is 31.7 Å². The molecule has 0 aliphatic rings. The number of carbonyl (C=O) groups is 1. The van der Waals surface area contributed by atoms with Crippen LogP contribution in [0.1, 0.15) is 31.4 Å². The highest BCUT2D eigenvalue weighted by atomic mass is 32.2. The average molecular weight is 508 g/mol. The number of aromatic nitrogens is 3. The number of nitrogens with two attached hydrogens (primary N) is 1. The molecule has 0 saturated carbocycles. The number of furan rings is 1. The third kappa shape index (κ3) is 6.96. The van der Waals surface area contributed by atoms with Crippen LogP contribution in [0.4, 0.5) is 4.39 Å². The fourth-order valence-electron chi connectivity index (χ4n) is 3.70. The second-order valence-corrected chi connectivity index (χ2v) is 11.0. The van der Waals surface area contributed by atoms with Gasteiger partial charge in [-0.3, -0.25) is 4.79 Å². The maximum Gasteiger partial charge on any atom is 0.245 e. The van der Waals surface area contributed by atoms with Gasteiger partial charge in [-0.2, -0.15) is 0 Å². The Balaban J connectivity index is 1.67. The lowest BCUT2D eigenvalue weighted by molar-refractivity contribution is -0.904. The zero-order valence-electron chi connectivity index (χ0n) is 20.3. The van der Waals surface area contributed by atoms with Gasteiger partial charge in [0.15, 0.2) is 5.76 Å². The summed E-state index contributed by atoms with van der Waals surface area (Å²) in [4.78, 5) is 13.0. The van der Waals surface area contributed by atoms with Crippen LogP contribution in [0.5, 0.6) is 0 Å². The van der Waals surface area contributed by atoms with Crippen LogP contribution >= 0.6 is 0 Å². The molecule has 12 heteroatoms. The van der Waals surface area contributed by atoms with E-state index in [1.54, 1.807) is 24.4 Å². The van der Waals surface area contributed by atoms with E-state index < -0.39 is 22.7 Å². The van der Waals surface area contributed by atoms with Crippen molar-refractivity contribution in [3.05, 3.63) is 54.1 Å². The standard InChI is InChI=1S/C23H31FN6O4S/c1-16(2)22(23(31)26-13-18-7-8-19(34-18)15-30(3,4)12-11-24)29-14-21(27-28-29)17-5-9-20(10-6-17)35(25,32)33/h5-10,14,16,22H,11-13,15H2,1-4H3,(H2-,25,26,31,32,33)/p+1/t22-/m0/s1. The number of alkyl halides is 1. The smallest absolute Gasteiger partial charge is 0.245 e. The van der Waals surface area contributed by atoms with Crippen LogP contribution in [0.2, 0.25) is 0 Å². The Bertz CT molecular complexity index is 1250. The van der Waals surface area contributed by atoms with Crippen molar-refractivity contribution in [2.45, 2.75) is 37.9 Å². The molecule has 0 spiro atoms. The lowest BCUT2D eigenvalue weighted by Crippen LogP contribution is -2.40. The van der Waals surface area contributed by atoms with Crippen LogP contribution in [-0.4, -0.2) is 61.1 Å². The molecule has 2 aromatic heterocycles. The Labute approximate surface area is 204 Å². The number of rotatable bonds is 11. The summed E-state index contributed by atoms with van der Waals surface area (Å²) in [6, 6.07) is 8.98. The minimum absolute atomic E-state index is 0.000850. The first kappa shape index (κ1) is 26.5. The van der Waals surface area contributed by atoms with Crippen LogP contribution in [0.3, 0.4) is 0 Å². The molecule has 0 bridgehead atoms. The highest BCUT2D eigenvalue weighted by molar-refractivity contribution is 7.89. The highest BCUT2D eigenvalue weighted by Gasteiger charge is 2.26. The summed E-state index contributed by atoms with van der Waals surface area (Å²) in [5.41, 5.74) is 1.14. The summed E-state index contributed by atoms with van der Waals surface area (Å²) in [6.45, 7) is 4.55. The van der Waals surface area contributed by atoms with E-state index in [0.717, 1.165) is 5.76 Å². The summed E-state index contributed by atoms with van der Waals surface area (Å²) in [5, 5.41) is 16.3. The average Bonchev–Trinajstić information content (AvgIpc) is 3.41. The van der Waals surface area contributed by atoms with Crippen molar-refractivity contribution in [3.8, 4) is 11.3 Å². The third-order valence-corrected chi connectivity index (χ3v) is 6.53. The van der Waals surface area contributed by atoms with Crippen molar-refractivity contribution >= 4 is 15.9 Å². The van der Waals surface area contributed by atoms with Crippen molar-refractivity contribution in [2.75, 3.05) is 27.3 Å². The van der Waals surface area contributed by atoms with E-state index in [2.05, 4.69) is 15.6 Å². The summed E-state index contributed by atoms with van der Waals surface area (Å²) in [7, 11) is 0.0664. The number of primary sulfonamides is 1. The van der Waals surface area contributed by atoms with Crippen molar-refractivity contribution in [3.63, 3.8) is 0 Å². The van der Waals surface area contributed by atoms with Crippen molar-refractivity contribution in [1.29, 1.82) is 0 Å². The molecule has 0 aliphatic carbocycles. The van der Waals surface area contributed by atoms with Crippen LogP contribution < -0.4 is 10.5 Å². The lowest BCUT2D eigenvalue weighted by Gasteiger charge is -2.27. The molecule has 2 heterocycles. The molecule has 1 aromatic carbocycles. The predicted molar refractivity (Wildman–Crippen MR) is 128 cm³/mol. The zero-order chi connectivity index (χ0) is 25.8. The van der Waals surface area contributed by atoms with Crippen LogP contribution in [-0.2, 0) is 27.9 Å². The molecule has 3 aromatic rings. The maximum atomic E-state index is 13.0. The van der Waals surface area contributed by atoms with E-state index in [1.807, 2.05) is 34.0 Å². The molecule has 1 atom stereocenters. The molecular formula is C23H32FN6O4S+. The van der Waals surface area contributed by atoms with Gasteiger partial charge in [-0.25, -0.2) is 22.6 Å². The number of amides is 1. The van der Waals surface area contributed by atoms with Gasteiger partial charge in [0.2, 0.25) is 15.9 Å². The Hall–Kier alpha value is -3.09. The van der Waals surface area contributed by atoms with Gasteiger partial charge < -0.3 is 14.2 Å². The van der Waals surface area contributed by atoms with Gasteiger partial charge >= 0.3 is 0 Å². The number of nitrogens with zero attached hydrogens (tertiary/aromatic N) is 4. The number of benzene rings is 1. The molecule has 0 fully saturated rings. The minimum atomic E-state index is -3.79. The molecule has 0 radical (unpaired) electrons. The number of carbonyl (C=O) groups excluding carboxylic acids is 1. The topological polar surface area (TPSA) is 133 Å². The van der Waals surface area contributed by atoms with Gasteiger partial charge in [0.1, 0.15) is 37.3 Å². The van der Waals surface area contributed by atoms with Crippen LogP contribution in [0.25, 0.3) is 11.3 Å². The summed E-state index contributed by atoms with van der Waals surface area (Å²) in [6.07, 6.45) is 1.64. The van der Waals surface area contributed by atoms with Crippen molar-refractivity contribution < 1.29 is 26.5 Å². The van der Waals surface area contributed by atoms with Gasteiger partial charge in [-0.1, -0.05) is 31.2 Å². The van der Waals surface area contributed by atoms with Crippen LogP contribution in [0, 0.1) is 5.92 Å². The largest absolute Gasteiger partial charge is 0.458 e. The summed E-state index contributed by atoms with van der Waals surface area (Å²) in [5.74, 6) is 1.00. The first-order valence-electron chi connectivity index (χ1n) is 11.2.